The normalized spacial score (nSPS) is 11.8. The molecule has 0 spiro atoms. The van der Waals surface area contributed by atoms with Crippen LogP contribution in [0.15, 0.2) is 29.2 Å². The number of nitrogens with one attached hydrogen (secondary N) is 1. The van der Waals surface area contributed by atoms with Gasteiger partial charge in [-0.25, -0.2) is 17.5 Å². The SMILES string of the molecule is Cc1cc(CNS(=O)(=O)c2ccc(F)cc2N)sc1C. The van der Waals surface area contributed by atoms with Gasteiger partial charge in [0.05, 0.1) is 5.69 Å². The predicted molar refractivity (Wildman–Crippen MR) is 78.6 cm³/mol. The van der Waals surface area contributed by atoms with Crippen molar-refractivity contribution in [3.8, 4) is 0 Å². The summed E-state index contributed by atoms with van der Waals surface area (Å²) < 4.78 is 39.7. The van der Waals surface area contributed by atoms with Gasteiger partial charge in [-0.05, 0) is 43.7 Å². The third kappa shape index (κ3) is 3.17. The van der Waals surface area contributed by atoms with Gasteiger partial charge >= 0.3 is 0 Å². The topological polar surface area (TPSA) is 72.2 Å². The molecular weight excluding hydrogens is 299 g/mol. The van der Waals surface area contributed by atoms with Gasteiger partial charge < -0.3 is 5.73 Å². The highest BCUT2D eigenvalue weighted by molar-refractivity contribution is 7.89. The van der Waals surface area contributed by atoms with Gasteiger partial charge in [-0.15, -0.1) is 11.3 Å². The van der Waals surface area contributed by atoms with Crippen molar-refractivity contribution in [1.29, 1.82) is 0 Å². The lowest BCUT2D eigenvalue weighted by atomic mass is 10.3. The summed E-state index contributed by atoms with van der Waals surface area (Å²) in [6.07, 6.45) is 0. The van der Waals surface area contributed by atoms with Gasteiger partial charge in [-0.3, -0.25) is 0 Å². The number of aryl methyl sites for hydroxylation is 2. The Hall–Kier alpha value is -1.44. The van der Waals surface area contributed by atoms with Crippen molar-refractivity contribution >= 4 is 27.0 Å². The fourth-order valence-corrected chi connectivity index (χ4v) is 3.95. The van der Waals surface area contributed by atoms with Gasteiger partial charge in [-0.1, -0.05) is 0 Å². The molecule has 7 heteroatoms. The number of anilines is 1. The van der Waals surface area contributed by atoms with Gasteiger partial charge in [0.2, 0.25) is 10.0 Å². The second-order valence-corrected chi connectivity index (χ2v) is 7.53. The highest BCUT2D eigenvalue weighted by Crippen LogP contribution is 2.22. The van der Waals surface area contributed by atoms with Crippen molar-refractivity contribution in [3.63, 3.8) is 0 Å². The van der Waals surface area contributed by atoms with E-state index in [2.05, 4.69) is 4.72 Å². The van der Waals surface area contributed by atoms with Crippen molar-refractivity contribution in [3.05, 3.63) is 45.4 Å². The minimum atomic E-state index is -3.74. The molecule has 0 atom stereocenters. The Morgan fingerprint density at radius 1 is 1.30 bits per heavy atom. The summed E-state index contributed by atoms with van der Waals surface area (Å²) in [5, 5.41) is 0. The van der Waals surface area contributed by atoms with Crippen LogP contribution in [0, 0.1) is 19.7 Å². The fourth-order valence-electron chi connectivity index (χ4n) is 1.74. The van der Waals surface area contributed by atoms with Crippen LogP contribution in [0.2, 0.25) is 0 Å². The summed E-state index contributed by atoms with van der Waals surface area (Å²) in [6.45, 7) is 4.15. The van der Waals surface area contributed by atoms with Crippen LogP contribution < -0.4 is 10.5 Å². The zero-order chi connectivity index (χ0) is 14.9. The number of thiophene rings is 1. The van der Waals surface area contributed by atoms with E-state index in [9.17, 15) is 12.8 Å². The highest BCUT2D eigenvalue weighted by atomic mass is 32.2. The van der Waals surface area contributed by atoms with Crippen molar-refractivity contribution < 1.29 is 12.8 Å². The molecule has 0 unspecified atom stereocenters. The first-order valence-electron chi connectivity index (χ1n) is 5.90. The molecule has 0 radical (unpaired) electrons. The maximum Gasteiger partial charge on any atom is 0.242 e. The Morgan fingerprint density at radius 3 is 2.55 bits per heavy atom. The van der Waals surface area contributed by atoms with Crippen LogP contribution in [0.1, 0.15) is 15.3 Å². The largest absolute Gasteiger partial charge is 0.398 e. The van der Waals surface area contributed by atoms with Gasteiger partial charge in [-0.2, -0.15) is 0 Å². The highest BCUT2D eigenvalue weighted by Gasteiger charge is 2.18. The van der Waals surface area contributed by atoms with Crippen LogP contribution >= 0.6 is 11.3 Å². The lowest BCUT2D eigenvalue weighted by Crippen LogP contribution is -2.23. The van der Waals surface area contributed by atoms with E-state index in [0.717, 1.165) is 33.5 Å². The van der Waals surface area contributed by atoms with Crippen LogP contribution in [-0.2, 0) is 16.6 Å². The number of hydrogen-bond donors (Lipinski definition) is 2. The molecule has 0 fully saturated rings. The predicted octanol–water partition coefficient (Wildman–Crippen LogP) is 2.56. The molecule has 2 aromatic rings. The summed E-state index contributed by atoms with van der Waals surface area (Å²) in [5.74, 6) is -0.564. The average Bonchev–Trinajstić information content (AvgIpc) is 2.66. The van der Waals surface area contributed by atoms with Crippen LogP contribution in [0.5, 0.6) is 0 Å². The Morgan fingerprint density at radius 2 is 2.00 bits per heavy atom. The van der Waals surface area contributed by atoms with Gasteiger partial charge in [0, 0.05) is 16.3 Å². The van der Waals surface area contributed by atoms with E-state index >= 15 is 0 Å². The standard InChI is InChI=1S/C13H15FN2O2S2/c1-8-5-11(19-9(8)2)7-16-20(17,18)13-4-3-10(14)6-12(13)15/h3-6,16H,7,15H2,1-2H3. The summed E-state index contributed by atoms with van der Waals surface area (Å²) in [4.78, 5) is 1.97. The lowest BCUT2D eigenvalue weighted by Gasteiger charge is -2.08. The van der Waals surface area contributed by atoms with E-state index in [1.807, 2.05) is 19.9 Å². The Bertz CT molecular complexity index is 719. The van der Waals surface area contributed by atoms with Crippen molar-refractivity contribution in [1.82, 2.24) is 4.72 Å². The minimum Gasteiger partial charge on any atom is -0.398 e. The fraction of sp³-hybridized carbons (Fsp3) is 0.231. The zero-order valence-corrected chi connectivity index (χ0v) is 12.7. The molecule has 0 saturated carbocycles. The third-order valence-corrected chi connectivity index (χ3v) is 5.54. The second kappa shape index (κ2) is 5.51. The Balaban J connectivity index is 2.19. The summed E-state index contributed by atoms with van der Waals surface area (Å²) >= 11 is 1.54. The van der Waals surface area contributed by atoms with E-state index in [1.54, 1.807) is 0 Å². The quantitative estimate of drug-likeness (QED) is 0.852. The summed E-state index contributed by atoms with van der Waals surface area (Å²) in [5.41, 5.74) is 6.58. The van der Waals surface area contributed by atoms with E-state index < -0.39 is 15.8 Å². The summed E-state index contributed by atoms with van der Waals surface area (Å²) in [7, 11) is -3.74. The van der Waals surface area contributed by atoms with Gasteiger partial charge in [0.1, 0.15) is 10.7 Å². The first-order chi connectivity index (χ1) is 9.29. The van der Waals surface area contributed by atoms with Crippen molar-refractivity contribution in [2.45, 2.75) is 25.3 Å². The Labute approximate surface area is 121 Å². The van der Waals surface area contributed by atoms with Crippen molar-refractivity contribution in [2.75, 3.05) is 5.73 Å². The number of sulfonamides is 1. The maximum absolute atomic E-state index is 12.9. The molecule has 0 amide bonds. The third-order valence-electron chi connectivity index (χ3n) is 2.91. The minimum absolute atomic E-state index is 0.101. The molecule has 0 aliphatic rings. The average molecular weight is 314 g/mol. The van der Waals surface area contributed by atoms with Crippen LogP contribution in [0.25, 0.3) is 0 Å². The molecule has 1 aromatic carbocycles. The number of rotatable bonds is 4. The van der Waals surface area contributed by atoms with E-state index in [0.29, 0.717) is 0 Å². The molecule has 1 aromatic heterocycles. The molecule has 0 aliphatic heterocycles. The monoisotopic (exact) mass is 314 g/mol. The molecule has 2 rings (SSSR count). The van der Waals surface area contributed by atoms with Crippen LogP contribution in [-0.4, -0.2) is 8.42 Å². The number of halogens is 1. The lowest BCUT2D eigenvalue weighted by molar-refractivity contribution is 0.581. The van der Waals surface area contributed by atoms with Crippen LogP contribution in [0.4, 0.5) is 10.1 Å². The van der Waals surface area contributed by atoms with E-state index in [4.69, 9.17) is 5.73 Å². The van der Waals surface area contributed by atoms with Crippen LogP contribution in [0.3, 0.4) is 0 Å². The number of nitrogens with two attached hydrogens (primary N) is 1. The molecule has 0 saturated heterocycles. The molecule has 20 heavy (non-hydrogen) atoms. The van der Waals surface area contributed by atoms with Gasteiger partial charge in [0.15, 0.2) is 0 Å². The van der Waals surface area contributed by atoms with E-state index in [-0.39, 0.29) is 17.1 Å². The van der Waals surface area contributed by atoms with Crippen molar-refractivity contribution in [2.24, 2.45) is 0 Å². The molecule has 4 nitrogen and oxygen atoms in total. The molecule has 0 aliphatic carbocycles. The first kappa shape index (κ1) is 15.0. The second-order valence-electron chi connectivity index (χ2n) is 4.46. The molecule has 0 bridgehead atoms. The number of nitrogen functional groups attached to an aromatic ring is 1. The smallest absolute Gasteiger partial charge is 0.242 e. The maximum atomic E-state index is 12.9. The molecule has 3 N–H and O–H groups in total. The first-order valence-corrected chi connectivity index (χ1v) is 8.20. The van der Waals surface area contributed by atoms with Gasteiger partial charge in [0.25, 0.3) is 0 Å². The summed E-state index contributed by atoms with van der Waals surface area (Å²) in [6, 6.07) is 5.17. The number of benzene rings is 1. The number of hydrogen-bond acceptors (Lipinski definition) is 4. The Kier molecular flexibility index (Phi) is 4.12. The van der Waals surface area contributed by atoms with E-state index in [1.165, 1.54) is 11.3 Å². The zero-order valence-electron chi connectivity index (χ0n) is 11.1. The molecule has 108 valence electrons. The molecular formula is C13H15FN2O2S2. The molecule has 1 heterocycles.